The third-order valence-electron chi connectivity index (χ3n) is 4.90. The Bertz CT molecular complexity index is 645. The number of rotatable bonds is 1. The minimum absolute atomic E-state index is 0.00127. The second kappa shape index (κ2) is 4.24. The van der Waals surface area contributed by atoms with Crippen molar-refractivity contribution in [3.05, 3.63) is 29.8 Å². The third kappa shape index (κ3) is 1.71. The second-order valence-electron chi connectivity index (χ2n) is 6.08. The number of benzene rings is 1. The SMILES string of the molecule is O=C1C2[C@H]3CC[C@@H](C3)N2C(=O)N1c1cccc(C(F)(F)F)c1. The molecule has 1 unspecified atom stereocenters. The quantitative estimate of drug-likeness (QED) is 0.748. The number of hydrogen-bond acceptors (Lipinski definition) is 2. The number of anilines is 1. The number of nitrogens with zero attached hydrogens (tertiary/aromatic N) is 2. The van der Waals surface area contributed by atoms with Gasteiger partial charge in [0.05, 0.1) is 11.3 Å². The van der Waals surface area contributed by atoms with E-state index in [0.29, 0.717) is 0 Å². The van der Waals surface area contributed by atoms with E-state index in [0.717, 1.165) is 36.3 Å². The molecular formula is C15H13F3N2O2. The van der Waals surface area contributed by atoms with Crippen molar-refractivity contribution in [2.75, 3.05) is 4.90 Å². The van der Waals surface area contributed by atoms with E-state index in [-0.39, 0.29) is 17.6 Å². The summed E-state index contributed by atoms with van der Waals surface area (Å²) in [5, 5.41) is 0. The summed E-state index contributed by atoms with van der Waals surface area (Å²) in [6.45, 7) is 0. The molecule has 1 aromatic carbocycles. The molecule has 2 aliphatic heterocycles. The number of carbonyl (C=O) groups is 2. The van der Waals surface area contributed by atoms with Crippen molar-refractivity contribution in [1.82, 2.24) is 4.90 Å². The van der Waals surface area contributed by atoms with Gasteiger partial charge in [-0.2, -0.15) is 13.2 Å². The Morgan fingerprint density at radius 3 is 2.59 bits per heavy atom. The van der Waals surface area contributed by atoms with Gasteiger partial charge >= 0.3 is 12.2 Å². The first kappa shape index (κ1) is 13.6. The fourth-order valence-corrected chi connectivity index (χ4v) is 3.98. The van der Waals surface area contributed by atoms with Gasteiger partial charge in [-0.15, -0.1) is 0 Å². The van der Waals surface area contributed by atoms with Crippen LogP contribution >= 0.6 is 0 Å². The molecule has 7 heteroatoms. The molecule has 2 bridgehead atoms. The maximum absolute atomic E-state index is 12.8. The lowest BCUT2D eigenvalue weighted by Crippen LogP contribution is -2.40. The van der Waals surface area contributed by atoms with Gasteiger partial charge < -0.3 is 4.90 Å². The Morgan fingerprint density at radius 1 is 1.14 bits per heavy atom. The van der Waals surface area contributed by atoms with E-state index in [4.69, 9.17) is 0 Å². The van der Waals surface area contributed by atoms with Crippen LogP contribution in [0.15, 0.2) is 24.3 Å². The summed E-state index contributed by atoms with van der Waals surface area (Å²) in [4.78, 5) is 27.5. The monoisotopic (exact) mass is 310 g/mol. The van der Waals surface area contributed by atoms with Crippen molar-refractivity contribution in [2.45, 2.75) is 37.5 Å². The fourth-order valence-electron chi connectivity index (χ4n) is 3.98. The molecule has 0 radical (unpaired) electrons. The molecule has 0 N–H and O–H groups in total. The van der Waals surface area contributed by atoms with Gasteiger partial charge in [-0.25, -0.2) is 9.69 Å². The van der Waals surface area contributed by atoms with E-state index in [1.807, 2.05) is 0 Å². The maximum atomic E-state index is 12.8. The van der Waals surface area contributed by atoms with Crippen LogP contribution in [0.2, 0.25) is 0 Å². The van der Waals surface area contributed by atoms with Crippen molar-refractivity contribution < 1.29 is 22.8 Å². The van der Waals surface area contributed by atoms with Gasteiger partial charge in [0, 0.05) is 6.04 Å². The zero-order valence-electron chi connectivity index (χ0n) is 11.5. The normalized spacial score (nSPS) is 30.4. The molecule has 2 saturated heterocycles. The van der Waals surface area contributed by atoms with Crippen LogP contribution in [-0.2, 0) is 11.0 Å². The van der Waals surface area contributed by atoms with Crippen molar-refractivity contribution in [2.24, 2.45) is 5.92 Å². The molecule has 1 aromatic rings. The number of amides is 3. The molecule has 1 aliphatic carbocycles. The van der Waals surface area contributed by atoms with Gasteiger partial charge in [0.1, 0.15) is 6.04 Å². The number of hydrogen-bond donors (Lipinski definition) is 0. The first-order valence-electron chi connectivity index (χ1n) is 7.21. The molecule has 3 fully saturated rings. The summed E-state index contributed by atoms with van der Waals surface area (Å²) in [6, 6.07) is 3.47. The molecule has 4 nitrogen and oxygen atoms in total. The summed E-state index contributed by atoms with van der Waals surface area (Å²) >= 11 is 0. The van der Waals surface area contributed by atoms with Gasteiger partial charge in [-0.1, -0.05) is 6.07 Å². The number of piperidine rings is 1. The minimum Gasteiger partial charge on any atom is -0.309 e. The van der Waals surface area contributed by atoms with E-state index in [2.05, 4.69) is 0 Å². The number of urea groups is 1. The standard InChI is InChI=1S/C15H13F3N2O2/c16-15(17,18)9-2-1-3-10(7-9)20-13(21)12-8-4-5-11(6-8)19(12)14(20)22/h1-3,7-8,11-12H,4-6H2/t8-,11-,12?/m0/s1. The van der Waals surface area contributed by atoms with Crippen LogP contribution < -0.4 is 4.90 Å². The molecule has 116 valence electrons. The van der Waals surface area contributed by atoms with Crippen LogP contribution in [0.25, 0.3) is 0 Å². The number of alkyl halides is 3. The molecular weight excluding hydrogens is 297 g/mol. The highest BCUT2D eigenvalue weighted by Crippen LogP contribution is 2.47. The highest BCUT2D eigenvalue weighted by Gasteiger charge is 2.59. The summed E-state index contributed by atoms with van der Waals surface area (Å²) in [7, 11) is 0. The highest BCUT2D eigenvalue weighted by atomic mass is 19.4. The molecule has 22 heavy (non-hydrogen) atoms. The van der Waals surface area contributed by atoms with Crippen LogP contribution in [0.3, 0.4) is 0 Å². The maximum Gasteiger partial charge on any atom is 0.416 e. The van der Waals surface area contributed by atoms with E-state index < -0.39 is 29.7 Å². The zero-order valence-corrected chi connectivity index (χ0v) is 11.5. The van der Waals surface area contributed by atoms with Crippen LogP contribution in [0, 0.1) is 5.92 Å². The first-order chi connectivity index (χ1) is 10.4. The summed E-state index contributed by atoms with van der Waals surface area (Å²) < 4.78 is 38.4. The van der Waals surface area contributed by atoms with Gasteiger partial charge in [-0.05, 0) is 43.4 Å². The predicted molar refractivity (Wildman–Crippen MR) is 71.1 cm³/mol. The number of halogens is 3. The minimum atomic E-state index is -4.50. The highest BCUT2D eigenvalue weighted by molar-refractivity contribution is 6.22. The molecule has 0 aromatic heterocycles. The van der Waals surface area contributed by atoms with E-state index in [1.165, 1.54) is 12.1 Å². The molecule has 1 saturated carbocycles. The van der Waals surface area contributed by atoms with Crippen LogP contribution in [0.1, 0.15) is 24.8 Å². The number of fused-ring (bicyclic) bond motifs is 5. The molecule has 3 aliphatic rings. The first-order valence-corrected chi connectivity index (χ1v) is 7.21. The Balaban J connectivity index is 1.72. The molecule has 4 rings (SSSR count). The molecule has 3 atom stereocenters. The van der Waals surface area contributed by atoms with E-state index >= 15 is 0 Å². The Morgan fingerprint density at radius 2 is 1.91 bits per heavy atom. The predicted octanol–water partition coefficient (Wildman–Crippen LogP) is 3.02. The van der Waals surface area contributed by atoms with Crippen molar-refractivity contribution in [3.63, 3.8) is 0 Å². The van der Waals surface area contributed by atoms with Crippen LogP contribution in [0.4, 0.5) is 23.7 Å². The smallest absolute Gasteiger partial charge is 0.309 e. The summed E-state index contributed by atoms with van der Waals surface area (Å²) in [5.41, 5.74) is -0.862. The van der Waals surface area contributed by atoms with E-state index in [9.17, 15) is 22.8 Å². The Kier molecular flexibility index (Phi) is 2.62. The number of carbonyl (C=O) groups excluding carboxylic acids is 2. The average molecular weight is 310 g/mol. The summed E-state index contributed by atoms with van der Waals surface area (Å²) in [5.74, 6) is -0.242. The van der Waals surface area contributed by atoms with Gasteiger partial charge in [0.25, 0.3) is 5.91 Å². The average Bonchev–Trinajstić information content (AvgIpc) is 3.12. The summed E-state index contributed by atoms with van der Waals surface area (Å²) in [6.07, 6.45) is -1.90. The van der Waals surface area contributed by atoms with Crippen LogP contribution in [0.5, 0.6) is 0 Å². The molecule has 3 amide bonds. The van der Waals surface area contributed by atoms with Crippen molar-refractivity contribution in [1.29, 1.82) is 0 Å². The Labute approximate surface area is 124 Å². The van der Waals surface area contributed by atoms with Gasteiger partial charge in [0.2, 0.25) is 0 Å². The number of imide groups is 1. The van der Waals surface area contributed by atoms with Crippen LogP contribution in [-0.4, -0.2) is 28.9 Å². The van der Waals surface area contributed by atoms with Crippen molar-refractivity contribution >= 4 is 17.6 Å². The lowest BCUT2D eigenvalue weighted by molar-refractivity contribution is -0.137. The van der Waals surface area contributed by atoms with Gasteiger partial charge in [-0.3, -0.25) is 4.79 Å². The topological polar surface area (TPSA) is 40.6 Å². The second-order valence-corrected chi connectivity index (χ2v) is 6.08. The third-order valence-corrected chi connectivity index (χ3v) is 4.90. The van der Waals surface area contributed by atoms with Crippen molar-refractivity contribution in [3.8, 4) is 0 Å². The molecule has 0 spiro atoms. The largest absolute Gasteiger partial charge is 0.416 e. The molecule has 2 heterocycles. The fraction of sp³-hybridized carbons (Fsp3) is 0.467. The lowest BCUT2D eigenvalue weighted by Gasteiger charge is -2.25. The lowest BCUT2D eigenvalue weighted by atomic mass is 9.99. The van der Waals surface area contributed by atoms with E-state index in [1.54, 1.807) is 4.90 Å². The Hall–Kier alpha value is -2.05. The van der Waals surface area contributed by atoms with Gasteiger partial charge in [0.15, 0.2) is 0 Å². The zero-order chi connectivity index (χ0) is 15.6.